The van der Waals surface area contributed by atoms with Crippen molar-refractivity contribution in [3.8, 4) is 5.88 Å². The van der Waals surface area contributed by atoms with Crippen molar-refractivity contribution in [3.05, 3.63) is 72.9 Å². The van der Waals surface area contributed by atoms with Gasteiger partial charge in [-0.2, -0.15) is 4.68 Å². The van der Waals surface area contributed by atoms with E-state index in [0.29, 0.717) is 0 Å². The molecule has 2 atom stereocenters. The van der Waals surface area contributed by atoms with E-state index in [2.05, 4.69) is 5.10 Å². The van der Waals surface area contributed by atoms with Gasteiger partial charge in [-0.3, -0.25) is 0 Å². The lowest BCUT2D eigenvalue weighted by atomic mass is 9.92. The first kappa shape index (κ1) is 30.4. The summed E-state index contributed by atoms with van der Waals surface area (Å²) >= 11 is 0. The predicted molar refractivity (Wildman–Crippen MR) is 147 cm³/mol. The standard InChI is InChI=1S/C29H37F3N2O4Si/c1-27(2,3)38-26(35)34-19-18-23(33-34)37-25(32)29(7,24(30)31)20-36-39(28(4,5)6,21-14-10-8-11-15-21)22-16-12-9-13-17-22/h8-19,24-25H,20H2,1-7H3. The normalized spacial score (nSPS) is 15.1. The van der Waals surface area contributed by atoms with Crippen LogP contribution in [0.5, 0.6) is 5.88 Å². The fourth-order valence-corrected chi connectivity index (χ4v) is 8.96. The molecule has 0 amide bonds. The molecule has 1 heterocycles. The van der Waals surface area contributed by atoms with Crippen LogP contribution in [0.25, 0.3) is 0 Å². The number of benzene rings is 2. The maximum atomic E-state index is 15.6. The first-order valence-electron chi connectivity index (χ1n) is 12.7. The summed E-state index contributed by atoms with van der Waals surface area (Å²) < 4.78 is 62.6. The fourth-order valence-electron chi connectivity index (χ4n) is 4.27. The Morgan fingerprint density at radius 1 is 0.872 bits per heavy atom. The molecule has 10 heteroatoms. The van der Waals surface area contributed by atoms with Gasteiger partial charge in [0, 0.05) is 12.3 Å². The zero-order valence-electron chi connectivity index (χ0n) is 23.5. The third-order valence-electron chi connectivity index (χ3n) is 6.40. The quantitative estimate of drug-likeness (QED) is 0.291. The first-order chi connectivity index (χ1) is 18.1. The zero-order valence-corrected chi connectivity index (χ0v) is 24.5. The van der Waals surface area contributed by atoms with Gasteiger partial charge in [-0.1, -0.05) is 81.4 Å². The van der Waals surface area contributed by atoms with Crippen LogP contribution in [0.3, 0.4) is 0 Å². The molecule has 0 spiro atoms. The largest absolute Gasteiger partial charge is 0.442 e. The Hall–Kier alpha value is -3.11. The summed E-state index contributed by atoms with van der Waals surface area (Å²) in [5.74, 6) is -0.328. The highest BCUT2D eigenvalue weighted by Crippen LogP contribution is 2.40. The molecule has 0 aliphatic rings. The second-order valence-corrected chi connectivity index (χ2v) is 16.1. The Kier molecular flexibility index (Phi) is 9.01. The van der Waals surface area contributed by atoms with Crippen LogP contribution in [0, 0.1) is 5.41 Å². The van der Waals surface area contributed by atoms with Gasteiger partial charge in [0.05, 0.1) is 6.61 Å². The topological polar surface area (TPSA) is 62.6 Å². The monoisotopic (exact) mass is 562 g/mol. The Labute approximate surface area is 229 Å². The number of hydrogen-bond acceptors (Lipinski definition) is 5. The summed E-state index contributed by atoms with van der Waals surface area (Å²) in [4.78, 5) is 12.2. The number of carbonyl (C=O) groups is 1. The van der Waals surface area contributed by atoms with Crippen LogP contribution in [-0.4, -0.2) is 49.2 Å². The first-order valence-corrected chi connectivity index (χ1v) is 14.6. The maximum absolute atomic E-state index is 15.6. The van der Waals surface area contributed by atoms with E-state index in [4.69, 9.17) is 13.9 Å². The van der Waals surface area contributed by atoms with E-state index in [1.54, 1.807) is 20.8 Å². The van der Waals surface area contributed by atoms with Crippen LogP contribution in [0.4, 0.5) is 18.0 Å². The van der Waals surface area contributed by atoms with Gasteiger partial charge in [0.25, 0.3) is 21.1 Å². The van der Waals surface area contributed by atoms with Crippen LogP contribution < -0.4 is 15.1 Å². The Bertz CT molecular complexity index is 1190. The van der Waals surface area contributed by atoms with Gasteiger partial charge < -0.3 is 13.9 Å². The summed E-state index contributed by atoms with van der Waals surface area (Å²) in [6, 6.07) is 20.2. The van der Waals surface area contributed by atoms with Gasteiger partial charge in [-0.15, -0.1) is 5.10 Å². The molecule has 0 saturated carbocycles. The van der Waals surface area contributed by atoms with Crippen LogP contribution in [-0.2, 0) is 9.16 Å². The SMILES string of the molecule is CC(C)(C)OC(=O)n1ccc(OC(F)C(C)(CO[Si](c2ccccc2)(c2ccccc2)C(C)(C)C)C(F)F)n1. The molecule has 2 unspecified atom stereocenters. The minimum atomic E-state index is -3.21. The molecule has 0 radical (unpaired) electrons. The van der Waals surface area contributed by atoms with Gasteiger partial charge in [0.15, 0.2) is 0 Å². The van der Waals surface area contributed by atoms with Gasteiger partial charge in [0.2, 0.25) is 5.88 Å². The molecule has 0 aliphatic carbocycles. The van der Waals surface area contributed by atoms with Gasteiger partial charge in [0.1, 0.15) is 11.0 Å². The molecule has 2 aromatic carbocycles. The van der Waals surface area contributed by atoms with Crippen LogP contribution >= 0.6 is 0 Å². The van der Waals surface area contributed by atoms with Crippen molar-refractivity contribution < 1.29 is 31.9 Å². The van der Waals surface area contributed by atoms with Crippen molar-refractivity contribution in [3.63, 3.8) is 0 Å². The Balaban J connectivity index is 1.93. The molecular formula is C29H37F3N2O4Si. The molecular weight excluding hydrogens is 525 g/mol. The summed E-state index contributed by atoms with van der Waals surface area (Å²) in [5.41, 5.74) is -3.12. The van der Waals surface area contributed by atoms with E-state index in [-0.39, 0.29) is 5.88 Å². The van der Waals surface area contributed by atoms with Gasteiger partial charge in [-0.05, 0) is 43.1 Å². The van der Waals surface area contributed by atoms with Crippen molar-refractivity contribution in [2.45, 2.75) is 71.9 Å². The number of nitrogens with zero attached hydrogens (tertiary/aromatic N) is 2. The minimum Gasteiger partial charge on any atom is -0.442 e. The molecule has 1 aromatic heterocycles. The highest BCUT2D eigenvalue weighted by Gasteiger charge is 2.54. The predicted octanol–water partition coefficient (Wildman–Crippen LogP) is 6.19. The number of carbonyl (C=O) groups excluding carboxylic acids is 1. The lowest BCUT2D eigenvalue weighted by Gasteiger charge is -2.45. The second-order valence-electron chi connectivity index (χ2n) is 11.8. The minimum absolute atomic E-state index is 0.328. The average Bonchev–Trinajstić information content (AvgIpc) is 3.32. The van der Waals surface area contributed by atoms with Crippen molar-refractivity contribution in [1.82, 2.24) is 9.78 Å². The van der Waals surface area contributed by atoms with Crippen molar-refractivity contribution in [2.24, 2.45) is 5.41 Å². The van der Waals surface area contributed by atoms with Crippen molar-refractivity contribution in [2.75, 3.05) is 6.61 Å². The summed E-state index contributed by atoms with van der Waals surface area (Å²) in [7, 11) is -3.21. The number of hydrogen-bond donors (Lipinski definition) is 0. The average molecular weight is 563 g/mol. The number of alkyl halides is 3. The molecule has 3 rings (SSSR count). The molecule has 0 N–H and O–H groups in total. The van der Waals surface area contributed by atoms with Crippen LogP contribution in [0.2, 0.25) is 5.04 Å². The van der Waals surface area contributed by atoms with E-state index in [9.17, 15) is 13.6 Å². The van der Waals surface area contributed by atoms with Gasteiger partial charge >= 0.3 is 6.09 Å². The number of rotatable bonds is 9. The van der Waals surface area contributed by atoms with Crippen molar-refractivity contribution >= 4 is 24.8 Å². The third kappa shape index (κ3) is 6.73. The molecule has 6 nitrogen and oxygen atoms in total. The molecule has 0 saturated heterocycles. The van der Waals surface area contributed by atoms with E-state index < -0.39 is 49.9 Å². The lowest BCUT2D eigenvalue weighted by molar-refractivity contribution is -0.143. The molecule has 0 fully saturated rings. The van der Waals surface area contributed by atoms with Gasteiger partial charge in [-0.25, -0.2) is 18.0 Å². The molecule has 39 heavy (non-hydrogen) atoms. The van der Waals surface area contributed by atoms with Crippen molar-refractivity contribution in [1.29, 1.82) is 0 Å². The van der Waals surface area contributed by atoms with E-state index in [1.807, 2.05) is 81.4 Å². The lowest BCUT2D eigenvalue weighted by Crippen LogP contribution is -2.67. The maximum Gasteiger partial charge on any atom is 0.435 e. The Morgan fingerprint density at radius 3 is 1.82 bits per heavy atom. The number of halogens is 3. The highest BCUT2D eigenvalue weighted by molar-refractivity contribution is 6.99. The van der Waals surface area contributed by atoms with E-state index >= 15 is 4.39 Å². The Morgan fingerprint density at radius 2 is 1.38 bits per heavy atom. The van der Waals surface area contributed by atoms with E-state index in [0.717, 1.165) is 22.0 Å². The summed E-state index contributed by atoms with van der Waals surface area (Å²) in [5, 5.41) is 5.13. The second kappa shape index (κ2) is 11.6. The molecule has 0 aliphatic heterocycles. The van der Waals surface area contributed by atoms with E-state index in [1.165, 1.54) is 12.3 Å². The van der Waals surface area contributed by atoms with Crippen LogP contribution in [0.1, 0.15) is 48.5 Å². The molecule has 0 bridgehead atoms. The fraction of sp³-hybridized carbons (Fsp3) is 0.448. The zero-order chi connectivity index (χ0) is 29.1. The third-order valence-corrected chi connectivity index (χ3v) is 11.4. The smallest absolute Gasteiger partial charge is 0.435 e. The highest BCUT2D eigenvalue weighted by atomic mass is 28.4. The molecule has 3 aromatic rings. The summed E-state index contributed by atoms with van der Waals surface area (Å²) in [6.07, 6.45) is -5.20. The molecule has 212 valence electrons. The number of ether oxygens (including phenoxy) is 2. The summed E-state index contributed by atoms with van der Waals surface area (Å²) in [6.45, 7) is 11.5. The number of aromatic nitrogens is 2. The van der Waals surface area contributed by atoms with Crippen LogP contribution in [0.15, 0.2) is 72.9 Å².